The van der Waals surface area contributed by atoms with Crippen LogP contribution in [-0.2, 0) is 68.7 Å². The van der Waals surface area contributed by atoms with Crippen molar-refractivity contribution in [2.75, 3.05) is 32.8 Å². The van der Waals surface area contributed by atoms with Gasteiger partial charge in [0.2, 0.25) is 70.9 Å². The largest absolute Gasteiger partial charge is 0.480 e. The zero-order valence-electron chi connectivity index (χ0n) is 44.5. The summed E-state index contributed by atoms with van der Waals surface area (Å²) in [6.07, 6.45) is 0.458. The van der Waals surface area contributed by atoms with Crippen molar-refractivity contribution in [2.45, 2.75) is 145 Å². The molecule has 0 radical (unpaired) electrons. The van der Waals surface area contributed by atoms with Gasteiger partial charge in [0, 0.05) is 55.9 Å². The summed E-state index contributed by atoms with van der Waals surface area (Å²) in [6.45, 7) is 1.28. The molecule has 0 saturated carbocycles. The second kappa shape index (κ2) is 30.8. The number of carboxylic acids is 1. The molecule has 0 aliphatic carbocycles. The Kier molecular flexibility index (Phi) is 24.7. The molecule has 2 fully saturated rings. The number of hydrogen-bond acceptors (Lipinski definition) is 16. The second-order valence-electron chi connectivity index (χ2n) is 20.0. The third-order valence-corrected chi connectivity index (χ3v) is 13.5. The Morgan fingerprint density at radius 3 is 1.66 bits per heavy atom. The Hall–Kier alpha value is -8.25. The number of nitrogens with one attached hydrogen (secondary N) is 8. The first-order valence-electron chi connectivity index (χ1n) is 26.1. The molecule has 0 unspecified atom stereocenters. The molecule has 3 heterocycles. The number of carboxylic acid groups (broad SMARTS) is 1. The van der Waals surface area contributed by atoms with E-state index in [9.17, 15) is 77.6 Å². The lowest BCUT2D eigenvalue weighted by Gasteiger charge is -2.32. The van der Waals surface area contributed by atoms with Gasteiger partial charge in [0.15, 0.2) is 0 Å². The standard InChI is InChI=1S/C50H74N14O16/c1-25(2)19-32(60-48(77)36-9-5-18-64(36)49(78)37-10-6-17-63(37)41(70)22-56-42(71)28(51)11-14-38(52)67)45(74)61-34(23-65)47(76)59-33(20-26-21-55-29-8-4-3-7-27(26)29)46(75)58-30(12-15-39(53)68)43(72)57-31(13-16-40(54)69)44(73)62-35(24-66)50(79)80/h3-4,7-8,21,25,28,30-37,55,65-66H,5-6,9-20,22-24,51H2,1-2H3,(H2,52,67)(H2,53,68)(H2,54,69)(H,56,71)(H,57,72)(H,58,75)(H,59,76)(H,60,77)(H,61,74)(H,62,73)(H,79,80)/t28-,30-,31-,32-,33-,34-,35-,36-,37-/m0/s1. The van der Waals surface area contributed by atoms with E-state index in [1.54, 1.807) is 44.3 Å². The van der Waals surface area contributed by atoms with Gasteiger partial charge < -0.3 is 90.3 Å². The van der Waals surface area contributed by atoms with Gasteiger partial charge in [-0.05, 0) is 68.9 Å². The lowest BCUT2D eigenvalue weighted by molar-refractivity contribution is -0.147. The summed E-state index contributed by atoms with van der Waals surface area (Å²) in [7, 11) is 0. The normalized spacial score (nSPS) is 17.6. The summed E-state index contributed by atoms with van der Waals surface area (Å²) in [5.41, 5.74) is 22.7. The maximum Gasteiger partial charge on any atom is 0.328 e. The summed E-state index contributed by atoms with van der Waals surface area (Å²) >= 11 is 0. The molecule has 30 nitrogen and oxygen atoms in total. The number of aliphatic carboxylic acids is 1. The number of likely N-dealkylation sites (tertiary alicyclic amines) is 2. The molecule has 0 bridgehead atoms. The summed E-state index contributed by atoms with van der Waals surface area (Å²) in [5, 5.41) is 46.8. The Labute approximate surface area is 459 Å². The van der Waals surface area contributed by atoms with Crippen molar-refractivity contribution < 1.29 is 77.6 Å². The molecule has 80 heavy (non-hydrogen) atoms. The van der Waals surface area contributed by atoms with Crippen molar-refractivity contribution in [3.8, 4) is 0 Å². The Morgan fingerprint density at radius 1 is 0.613 bits per heavy atom. The van der Waals surface area contributed by atoms with Crippen LogP contribution in [-0.4, -0.2) is 194 Å². The molecule has 2 aromatic rings. The zero-order chi connectivity index (χ0) is 59.4. The zero-order valence-corrected chi connectivity index (χ0v) is 44.5. The fourth-order valence-electron chi connectivity index (χ4n) is 9.19. The highest BCUT2D eigenvalue weighted by Crippen LogP contribution is 2.26. The Bertz CT molecular complexity index is 2610. The molecule has 440 valence electrons. The smallest absolute Gasteiger partial charge is 0.328 e. The molecule has 1 aromatic carbocycles. The molecule has 30 heteroatoms. The first kappa shape index (κ1) is 64.3. The Morgan fingerprint density at radius 2 is 1.10 bits per heavy atom. The van der Waals surface area contributed by atoms with Crippen LogP contribution in [0.5, 0.6) is 0 Å². The number of hydrogen-bond donors (Lipinski definition) is 15. The number of rotatable bonds is 32. The van der Waals surface area contributed by atoms with Gasteiger partial charge in [-0.2, -0.15) is 0 Å². The number of aromatic nitrogens is 1. The highest BCUT2D eigenvalue weighted by Gasteiger charge is 2.43. The third-order valence-electron chi connectivity index (χ3n) is 13.5. The number of H-pyrrole nitrogens is 1. The van der Waals surface area contributed by atoms with Gasteiger partial charge in [0.1, 0.15) is 48.3 Å². The molecular formula is C50H74N14O16. The number of aromatic amines is 1. The minimum atomic E-state index is -1.82. The van der Waals surface area contributed by atoms with Gasteiger partial charge in [0.05, 0.1) is 25.8 Å². The van der Waals surface area contributed by atoms with Gasteiger partial charge in [-0.1, -0.05) is 32.0 Å². The van der Waals surface area contributed by atoms with Crippen molar-refractivity contribution in [1.82, 2.24) is 52.0 Å². The van der Waals surface area contributed by atoms with E-state index in [0.717, 1.165) is 0 Å². The van der Waals surface area contributed by atoms with Gasteiger partial charge in [-0.15, -0.1) is 0 Å². The number of nitrogens with two attached hydrogens (primary N) is 4. The molecule has 12 amide bonds. The average Bonchev–Trinajstić information content (AvgIpc) is 4.21. The first-order chi connectivity index (χ1) is 37.8. The van der Waals surface area contributed by atoms with Crippen LogP contribution >= 0.6 is 0 Å². The number of primary amides is 3. The lowest BCUT2D eigenvalue weighted by Crippen LogP contribution is -2.61. The highest BCUT2D eigenvalue weighted by atomic mass is 16.4. The second-order valence-corrected chi connectivity index (χ2v) is 20.0. The monoisotopic (exact) mass is 1130 g/mol. The van der Waals surface area contributed by atoms with Crippen LogP contribution in [0, 0.1) is 5.92 Å². The number of aliphatic hydroxyl groups is 2. The van der Waals surface area contributed by atoms with Crippen molar-refractivity contribution in [2.24, 2.45) is 28.9 Å². The fraction of sp³-hybridized carbons (Fsp3) is 0.580. The lowest BCUT2D eigenvalue weighted by atomic mass is 10.0. The molecule has 9 atom stereocenters. The number of aliphatic hydroxyl groups excluding tert-OH is 2. The van der Waals surface area contributed by atoms with Crippen molar-refractivity contribution in [3.05, 3.63) is 36.0 Å². The molecular weight excluding hydrogens is 1050 g/mol. The van der Waals surface area contributed by atoms with E-state index in [4.69, 9.17) is 22.9 Å². The van der Waals surface area contributed by atoms with Crippen LogP contribution in [0.25, 0.3) is 10.9 Å². The molecule has 19 N–H and O–H groups in total. The first-order valence-corrected chi connectivity index (χ1v) is 26.1. The average molecular weight is 1130 g/mol. The number of carbonyl (C=O) groups is 13. The van der Waals surface area contributed by atoms with E-state index in [0.29, 0.717) is 29.3 Å². The van der Waals surface area contributed by atoms with Crippen LogP contribution in [0.3, 0.4) is 0 Å². The molecule has 2 saturated heterocycles. The summed E-state index contributed by atoms with van der Waals surface area (Å²) in [6, 6.07) is -6.15. The third kappa shape index (κ3) is 19.0. The van der Waals surface area contributed by atoms with E-state index in [-0.39, 0.29) is 57.5 Å². The summed E-state index contributed by atoms with van der Waals surface area (Å²) in [5.74, 6) is -12.2. The fourth-order valence-corrected chi connectivity index (χ4v) is 9.19. The molecule has 2 aliphatic rings. The van der Waals surface area contributed by atoms with Crippen LogP contribution in [0.2, 0.25) is 0 Å². The van der Waals surface area contributed by atoms with Crippen LogP contribution in [0.1, 0.15) is 90.0 Å². The van der Waals surface area contributed by atoms with Gasteiger partial charge in [-0.3, -0.25) is 57.5 Å². The van der Waals surface area contributed by atoms with Crippen LogP contribution < -0.4 is 60.2 Å². The number of benzene rings is 1. The number of fused-ring (bicyclic) bond motifs is 1. The number of para-hydroxylation sites is 1. The SMILES string of the molecule is CC(C)C[C@H](NC(=O)[C@@H]1CCCN1C(=O)[C@@H]1CCCN1C(=O)CNC(=O)[C@@H](N)CCC(N)=O)C(=O)N[C@@H](CO)C(=O)N[C@@H](Cc1c[nH]c2ccccc12)C(=O)N[C@@H](CCC(N)=O)C(=O)N[C@@H](CCC(N)=O)C(=O)N[C@@H](CO)C(=O)O. The quantitative estimate of drug-likeness (QED) is 0.0324. The van der Waals surface area contributed by atoms with Crippen molar-refractivity contribution in [1.29, 1.82) is 0 Å². The van der Waals surface area contributed by atoms with Crippen molar-refractivity contribution in [3.63, 3.8) is 0 Å². The molecule has 2 aliphatic heterocycles. The maximum atomic E-state index is 14.4. The van der Waals surface area contributed by atoms with E-state index in [2.05, 4.69) is 36.9 Å². The van der Waals surface area contributed by atoms with Crippen LogP contribution in [0.15, 0.2) is 30.5 Å². The number of carbonyl (C=O) groups excluding carboxylic acids is 12. The number of nitrogens with zero attached hydrogens (tertiary/aromatic N) is 2. The van der Waals surface area contributed by atoms with E-state index < -0.39 is 177 Å². The maximum absolute atomic E-state index is 14.4. The minimum absolute atomic E-state index is 0.00773. The van der Waals surface area contributed by atoms with E-state index in [1.807, 2.05) is 5.32 Å². The summed E-state index contributed by atoms with van der Waals surface area (Å²) < 4.78 is 0. The molecule has 4 rings (SSSR count). The van der Waals surface area contributed by atoms with Crippen LogP contribution in [0.4, 0.5) is 0 Å². The topological polar surface area (TPSA) is 493 Å². The summed E-state index contributed by atoms with van der Waals surface area (Å²) in [4.78, 5) is 176. The number of amides is 12. The predicted octanol–water partition coefficient (Wildman–Crippen LogP) is -6.04. The highest BCUT2D eigenvalue weighted by molar-refractivity contribution is 5.99. The van der Waals surface area contributed by atoms with Gasteiger partial charge in [-0.25, -0.2) is 4.79 Å². The van der Waals surface area contributed by atoms with Gasteiger partial charge in [0.25, 0.3) is 0 Å². The van der Waals surface area contributed by atoms with Crippen molar-refractivity contribution >= 4 is 87.8 Å². The molecule has 0 spiro atoms. The Balaban J connectivity index is 1.52. The van der Waals surface area contributed by atoms with E-state index in [1.165, 1.54) is 9.80 Å². The predicted molar refractivity (Wildman–Crippen MR) is 281 cm³/mol. The van der Waals surface area contributed by atoms with E-state index >= 15 is 0 Å². The minimum Gasteiger partial charge on any atom is -0.480 e. The molecule has 1 aromatic heterocycles. The van der Waals surface area contributed by atoms with Gasteiger partial charge >= 0.3 is 5.97 Å².